The van der Waals surface area contributed by atoms with Gasteiger partial charge in [-0.1, -0.05) is 0 Å². The van der Waals surface area contributed by atoms with Crippen LogP contribution in [0, 0.1) is 0 Å². The Morgan fingerprint density at radius 3 is 2.80 bits per heavy atom. The van der Waals surface area contributed by atoms with Crippen molar-refractivity contribution in [2.24, 2.45) is 0 Å². The predicted molar refractivity (Wildman–Crippen MR) is 88.0 cm³/mol. The van der Waals surface area contributed by atoms with Crippen LogP contribution in [0.4, 0.5) is 10.7 Å². The molecule has 1 amide bonds. The summed E-state index contributed by atoms with van der Waals surface area (Å²) in [7, 11) is 0. The second-order valence-corrected chi connectivity index (χ2v) is 6.57. The molecule has 0 radical (unpaired) electrons. The van der Waals surface area contributed by atoms with Gasteiger partial charge < -0.3 is 21.7 Å². The monoisotopic (exact) mass is 314 g/mol. The third-order valence-electron chi connectivity index (χ3n) is 3.32. The summed E-state index contributed by atoms with van der Waals surface area (Å²) >= 11 is 3.06. The third-order valence-corrected chi connectivity index (χ3v) is 5.42. The highest BCUT2D eigenvalue weighted by molar-refractivity contribution is 7.99. The van der Waals surface area contributed by atoms with Crippen LogP contribution in [0.5, 0.6) is 0 Å². The van der Waals surface area contributed by atoms with Crippen molar-refractivity contribution in [2.45, 2.75) is 30.7 Å². The number of thiophene rings is 1. The van der Waals surface area contributed by atoms with Crippen LogP contribution < -0.4 is 21.7 Å². The van der Waals surface area contributed by atoms with Gasteiger partial charge >= 0.3 is 0 Å². The van der Waals surface area contributed by atoms with Gasteiger partial charge in [0.05, 0.1) is 10.6 Å². The quantitative estimate of drug-likeness (QED) is 0.625. The Morgan fingerprint density at radius 2 is 2.20 bits per heavy atom. The smallest absolute Gasteiger partial charge is 0.263 e. The van der Waals surface area contributed by atoms with Gasteiger partial charge in [-0.05, 0) is 39.1 Å². The molecular weight excluding hydrogens is 292 g/mol. The van der Waals surface area contributed by atoms with E-state index in [2.05, 4.69) is 16.0 Å². The highest BCUT2D eigenvalue weighted by Crippen LogP contribution is 2.42. The molecule has 5 N–H and O–H groups in total. The van der Waals surface area contributed by atoms with Gasteiger partial charge in [-0.15, -0.1) is 23.1 Å². The summed E-state index contributed by atoms with van der Waals surface area (Å²) in [5.41, 5.74) is 6.73. The summed E-state index contributed by atoms with van der Waals surface area (Å²) in [5, 5.41) is 10.8. The van der Waals surface area contributed by atoms with Crippen molar-refractivity contribution in [1.29, 1.82) is 0 Å². The summed E-state index contributed by atoms with van der Waals surface area (Å²) in [6.45, 7) is 4.60. The van der Waals surface area contributed by atoms with E-state index in [1.165, 1.54) is 11.3 Å². The minimum absolute atomic E-state index is 0.0799. The lowest BCUT2D eigenvalue weighted by Gasteiger charge is -2.24. The number of nitrogens with two attached hydrogens (primary N) is 1. The summed E-state index contributed by atoms with van der Waals surface area (Å²) in [5.74, 6) is -0.0799. The number of rotatable bonds is 5. The van der Waals surface area contributed by atoms with Gasteiger partial charge in [0.2, 0.25) is 0 Å². The van der Waals surface area contributed by atoms with Crippen molar-refractivity contribution in [2.75, 3.05) is 36.9 Å². The maximum Gasteiger partial charge on any atom is 0.263 e. The molecule has 20 heavy (non-hydrogen) atoms. The molecular formula is C13H22N4OS2. The van der Waals surface area contributed by atoms with E-state index in [0.717, 1.165) is 35.8 Å². The van der Waals surface area contributed by atoms with Gasteiger partial charge in [0.15, 0.2) is 0 Å². The third kappa shape index (κ3) is 3.39. The molecule has 1 aliphatic heterocycles. The predicted octanol–water partition coefficient (Wildman–Crippen LogP) is 1.97. The second-order valence-electron chi connectivity index (χ2n) is 4.74. The first kappa shape index (κ1) is 15.5. The van der Waals surface area contributed by atoms with Crippen LogP contribution in [0.2, 0.25) is 0 Å². The average molecular weight is 314 g/mol. The number of hydrogen-bond acceptors (Lipinski definition) is 6. The highest BCUT2D eigenvalue weighted by atomic mass is 32.2. The average Bonchev–Trinajstić information content (AvgIpc) is 2.76. The van der Waals surface area contributed by atoms with Gasteiger partial charge in [-0.25, -0.2) is 0 Å². The lowest BCUT2D eigenvalue weighted by atomic mass is 10.1. The molecule has 0 bridgehead atoms. The van der Waals surface area contributed by atoms with Crippen molar-refractivity contribution < 1.29 is 4.79 Å². The molecule has 1 aromatic rings. The first-order valence-corrected chi connectivity index (χ1v) is 8.93. The van der Waals surface area contributed by atoms with Crippen LogP contribution in [-0.2, 0) is 0 Å². The molecule has 112 valence electrons. The lowest BCUT2D eigenvalue weighted by Crippen LogP contribution is -2.35. The Hall–Kier alpha value is -0.920. The van der Waals surface area contributed by atoms with Gasteiger partial charge in [0.25, 0.3) is 5.91 Å². The first-order chi connectivity index (χ1) is 9.67. The molecule has 0 spiro atoms. The molecule has 0 saturated carbocycles. The fourth-order valence-corrected chi connectivity index (χ4v) is 4.30. The minimum atomic E-state index is -0.0799. The van der Waals surface area contributed by atoms with E-state index in [-0.39, 0.29) is 5.91 Å². The summed E-state index contributed by atoms with van der Waals surface area (Å²) < 4.78 is 0. The van der Waals surface area contributed by atoms with E-state index in [1.54, 1.807) is 11.8 Å². The van der Waals surface area contributed by atoms with E-state index in [0.29, 0.717) is 23.2 Å². The van der Waals surface area contributed by atoms with Crippen molar-refractivity contribution in [3.63, 3.8) is 0 Å². The maximum absolute atomic E-state index is 12.0. The zero-order valence-electron chi connectivity index (χ0n) is 11.9. The lowest BCUT2D eigenvalue weighted by molar-refractivity contribution is 0.0960. The van der Waals surface area contributed by atoms with E-state index in [1.807, 2.05) is 13.2 Å². The Morgan fingerprint density at radius 1 is 1.50 bits per heavy atom. The number of thioether (sulfide) groups is 1. The van der Waals surface area contributed by atoms with Crippen molar-refractivity contribution in [1.82, 2.24) is 10.6 Å². The summed E-state index contributed by atoms with van der Waals surface area (Å²) in [4.78, 5) is 13.6. The van der Waals surface area contributed by atoms with Crippen molar-refractivity contribution in [3.05, 3.63) is 4.88 Å². The van der Waals surface area contributed by atoms with Gasteiger partial charge in [0, 0.05) is 12.6 Å². The Kier molecular flexibility index (Phi) is 5.56. The number of carbonyl (C=O) groups is 1. The minimum Gasteiger partial charge on any atom is -0.396 e. The molecule has 2 heterocycles. The van der Waals surface area contributed by atoms with Crippen LogP contribution in [0.1, 0.15) is 29.4 Å². The molecule has 0 aromatic carbocycles. The molecule has 0 unspecified atom stereocenters. The number of nitrogens with one attached hydrogen (secondary N) is 3. The van der Waals surface area contributed by atoms with Gasteiger partial charge in [-0.3, -0.25) is 4.79 Å². The number of carbonyl (C=O) groups excluding carboxylic acids is 1. The van der Waals surface area contributed by atoms with E-state index >= 15 is 0 Å². The zero-order chi connectivity index (χ0) is 14.5. The second kappa shape index (κ2) is 7.19. The molecule has 2 rings (SSSR count). The first-order valence-electron chi connectivity index (χ1n) is 6.89. The summed E-state index contributed by atoms with van der Waals surface area (Å²) in [6, 6.07) is 0.460. The SMILES string of the molecule is CCNC(=O)c1sc(NC2CCNCC2)c(SC)c1N. The van der Waals surface area contributed by atoms with Crippen LogP contribution in [0.25, 0.3) is 0 Å². The standard InChI is InChI=1S/C13H22N4OS2/c1-3-16-12(18)10-9(14)11(19-2)13(20-10)17-8-4-6-15-7-5-8/h8,15,17H,3-7,14H2,1-2H3,(H,16,18). The molecule has 1 aliphatic rings. The number of amides is 1. The number of anilines is 2. The molecule has 5 nitrogen and oxygen atoms in total. The van der Waals surface area contributed by atoms with Gasteiger partial charge in [-0.2, -0.15) is 0 Å². The molecule has 1 saturated heterocycles. The largest absolute Gasteiger partial charge is 0.396 e. The van der Waals surface area contributed by atoms with E-state index in [4.69, 9.17) is 5.73 Å². The molecule has 0 aliphatic carbocycles. The van der Waals surface area contributed by atoms with Crippen LogP contribution in [0.15, 0.2) is 4.90 Å². The maximum atomic E-state index is 12.0. The summed E-state index contributed by atoms with van der Waals surface area (Å²) in [6.07, 6.45) is 4.19. The Labute approximate surface area is 128 Å². The zero-order valence-corrected chi connectivity index (χ0v) is 13.5. The Balaban J connectivity index is 2.18. The number of nitrogen functional groups attached to an aromatic ring is 1. The number of hydrogen-bond donors (Lipinski definition) is 4. The topological polar surface area (TPSA) is 79.2 Å². The highest BCUT2D eigenvalue weighted by Gasteiger charge is 2.22. The molecule has 1 aromatic heterocycles. The van der Waals surface area contributed by atoms with Crippen molar-refractivity contribution >= 4 is 39.7 Å². The normalized spacial score (nSPS) is 16.1. The molecule has 0 atom stereocenters. The van der Waals surface area contributed by atoms with E-state index in [9.17, 15) is 4.79 Å². The molecule has 7 heteroatoms. The fraction of sp³-hybridized carbons (Fsp3) is 0.615. The van der Waals surface area contributed by atoms with Gasteiger partial charge in [0.1, 0.15) is 9.88 Å². The van der Waals surface area contributed by atoms with Crippen LogP contribution >= 0.6 is 23.1 Å². The van der Waals surface area contributed by atoms with E-state index < -0.39 is 0 Å². The molecule has 1 fully saturated rings. The van der Waals surface area contributed by atoms with Crippen molar-refractivity contribution in [3.8, 4) is 0 Å². The Bertz CT molecular complexity index is 469. The van der Waals surface area contributed by atoms with Crippen LogP contribution in [0.3, 0.4) is 0 Å². The fourth-order valence-electron chi connectivity index (χ4n) is 2.29. The van der Waals surface area contributed by atoms with Crippen LogP contribution in [-0.4, -0.2) is 37.8 Å². The number of piperidine rings is 1.